The zero-order valence-corrected chi connectivity index (χ0v) is 43.1. The Balaban J connectivity index is -0.000000125. The average molecular weight is 961 g/mol. The van der Waals surface area contributed by atoms with Crippen molar-refractivity contribution in [1.29, 1.82) is 0 Å². The highest BCUT2D eigenvalue weighted by molar-refractivity contribution is 5.87. The van der Waals surface area contributed by atoms with E-state index < -0.39 is 5.97 Å². The van der Waals surface area contributed by atoms with E-state index in [-0.39, 0.29) is 19.4 Å². The summed E-state index contributed by atoms with van der Waals surface area (Å²) in [4.78, 5) is 54.7. The summed E-state index contributed by atoms with van der Waals surface area (Å²) in [7, 11) is 0. The summed E-state index contributed by atoms with van der Waals surface area (Å²) in [5, 5.41) is 29.1. The highest BCUT2D eigenvalue weighted by atomic mass is 16.5. The molecule has 4 N–H and O–H groups in total. The number of aromatic carboxylic acids is 1. The van der Waals surface area contributed by atoms with Crippen molar-refractivity contribution in [1.82, 2.24) is 0 Å². The van der Waals surface area contributed by atoms with Crippen molar-refractivity contribution in [3.05, 3.63) is 109 Å². The number of carboxylic acids is 1. The van der Waals surface area contributed by atoms with Crippen molar-refractivity contribution in [2.75, 3.05) is 13.2 Å². The second-order valence-corrected chi connectivity index (χ2v) is 14.6. The van der Waals surface area contributed by atoms with Crippen LogP contribution >= 0.6 is 0 Å². The van der Waals surface area contributed by atoms with Crippen LogP contribution < -0.4 is 0 Å². The lowest BCUT2D eigenvalue weighted by atomic mass is 10.1. The summed E-state index contributed by atoms with van der Waals surface area (Å²) in [6, 6.07) is 32.3. The Morgan fingerprint density at radius 2 is 0.529 bits per heavy atom. The van der Waals surface area contributed by atoms with Gasteiger partial charge in [0.05, 0.1) is 18.8 Å². The molecule has 0 atom stereocenters. The van der Waals surface area contributed by atoms with E-state index in [9.17, 15) is 14.4 Å². The smallest absolute Gasteiger partial charge is 0.335 e. The number of hydrogen-bond acceptors (Lipinski definition) is 8. The molecule has 0 heterocycles. The minimum atomic E-state index is -0.879. The zero-order chi connectivity index (χ0) is 52.5. The molecule has 0 fully saturated rings. The van der Waals surface area contributed by atoms with Crippen LogP contribution in [0.5, 0.6) is 0 Å². The molecule has 0 bridgehead atoms. The lowest BCUT2D eigenvalue weighted by Crippen LogP contribution is -1.93. The van der Waals surface area contributed by atoms with Crippen molar-refractivity contribution in [2.24, 2.45) is 0 Å². The van der Waals surface area contributed by atoms with E-state index in [0.29, 0.717) is 31.7 Å². The van der Waals surface area contributed by atoms with Gasteiger partial charge in [0, 0.05) is 0 Å². The molecule has 68 heavy (non-hydrogen) atoms. The van der Waals surface area contributed by atoms with Gasteiger partial charge in [-0.1, -0.05) is 274 Å². The Labute approximate surface area is 413 Å². The molecular formula is C56H96O12. The van der Waals surface area contributed by atoms with E-state index in [0.717, 1.165) is 12.8 Å². The molecule has 0 aliphatic rings. The third kappa shape index (κ3) is 108. The predicted octanol–water partition coefficient (Wildman–Crippen LogP) is 15.6. The van der Waals surface area contributed by atoms with Gasteiger partial charge in [-0.15, -0.1) is 0 Å². The van der Waals surface area contributed by atoms with Crippen LogP contribution in [-0.2, 0) is 33.4 Å². The summed E-state index contributed by atoms with van der Waals surface area (Å²) < 4.78 is 9.12. The van der Waals surface area contributed by atoms with Gasteiger partial charge in [0.25, 0.3) is 32.4 Å². The Hall–Kier alpha value is -5.52. The minimum Gasteiger partial charge on any atom is -0.483 e. The molecule has 3 rings (SSSR count). The molecule has 3 aromatic rings. The topological polar surface area (TPSA) is 202 Å². The summed E-state index contributed by atoms with van der Waals surface area (Å²) in [6.45, 7) is 14.9. The molecule has 392 valence electrons. The number of benzene rings is 3. The highest BCUT2D eigenvalue weighted by Gasteiger charge is 1.96. The van der Waals surface area contributed by atoms with Gasteiger partial charge in [0.15, 0.2) is 0 Å². The second kappa shape index (κ2) is 88.3. The van der Waals surface area contributed by atoms with E-state index in [1.807, 2.05) is 72.8 Å². The molecule has 0 radical (unpaired) electrons. The van der Waals surface area contributed by atoms with Gasteiger partial charge in [-0.3, -0.25) is 24.0 Å². The van der Waals surface area contributed by atoms with Gasteiger partial charge >= 0.3 is 5.97 Å². The second-order valence-electron chi connectivity index (χ2n) is 14.6. The molecule has 0 aromatic heterocycles. The maximum absolute atomic E-state index is 10.2. The zero-order valence-electron chi connectivity index (χ0n) is 43.1. The van der Waals surface area contributed by atoms with Crippen LogP contribution in [0.1, 0.15) is 206 Å². The number of carbonyl (C=O) groups is 6. The fourth-order valence-corrected chi connectivity index (χ4v) is 5.09. The normalized spacial score (nSPS) is 8.50. The maximum Gasteiger partial charge on any atom is 0.335 e. The molecule has 0 aliphatic carbocycles. The lowest BCUT2D eigenvalue weighted by Gasteiger charge is -1.98. The van der Waals surface area contributed by atoms with Crippen molar-refractivity contribution in [3.8, 4) is 0 Å². The molecule has 0 saturated heterocycles. The first-order chi connectivity index (χ1) is 33.2. The average Bonchev–Trinajstić information content (AvgIpc) is 3.37. The van der Waals surface area contributed by atoms with Crippen LogP contribution in [0.3, 0.4) is 0 Å². The Morgan fingerprint density at radius 1 is 0.353 bits per heavy atom. The molecule has 0 saturated carbocycles. The largest absolute Gasteiger partial charge is 0.483 e. The Morgan fingerprint density at radius 3 is 0.691 bits per heavy atom. The third-order valence-corrected chi connectivity index (χ3v) is 8.64. The van der Waals surface area contributed by atoms with Crippen LogP contribution in [0.4, 0.5) is 0 Å². The van der Waals surface area contributed by atoms with Gasteiger partial charge in [-0.25, -0.2) is 4.79 Å². The standard InChI is InChI=1S/2C9H18O2.2C8H18.C7H6O2.2C6H6.3CH2O2/c2*1-2-3-4-5-6-7-8-11-9-10;2*1-3-5-7-8-6-4-2;8-7(9)6-4-2-1-3-5-6;2*1-2-4-6-5-3-1;3*2-1-3/h2*9H,2-8H2,1H3;2*3-8H2,1-2H3;1-5H,(H,8,9);2*1-6H;3*1H,(H,2,3). The molecule has 3 aromatic carbocycles. The van der Waals surface area contributed by atoms with Crippen LogP contribution in [0.15, 0.2) is 103 Å². The minimum absolute atomic E-state index is 0.250. The first kappa shape index (κ1) is 76.7. The molecule has 12 heteroatoms. The van der Waals surface area contributed by atoms with Crippen molar-refractivity contribution >= 4 is 38.3 Å². The Kier molecular flexibility index (Phi) is 99.6. The van der Waals surface area contributed by atoms with Gasteiger partial charge in [0.2, 0.25) is 0 Å². The SMILES string of the molecule is CCCCCCCC.CCCCCCCC.CCCCCCCCOC=O.CCCCCCCCOC=O.O=C(O)c1ccccc1.O=CO.O=CO.O=CO.c1ccccc1.c1ccccc1. The van der Waals surface area contributed by atoms with Crippen LogP contribution in [0, 0.1) is 0 Å². The quantitative estimate of drug-likeness (QED) is 0.0417. The summed E-state index contributed by atoms with van der Waals surface area (Å²) >= 11 is 0. The third-order valence-electron chi connectivity index (χ3n) is 8.64. The van der Waals surface area contributed by atoms with Crippen molar-refractivity contribution in [2.45, 2.75) is 196 Å². The molecule has 0 unspecified atom stereocenters. The molecule has 0 amide bonds. The van der Waals surface area contributed by atoms with Crippen molar-refractivity contribution in [3.63, 3.8) is 0 Å². The summed E-state index contributed by atoms with van der Waals surface area (Å²) in [5.41, 5.74) is 0.331. The van der Waals surface area contributed by atoms with Crippen molar-refractivity contribution < 1.29 is 58.7 Å². The van der Waals surface area contributed by atoms with Crippen LogP contribution in [-0.4, -0.2) is 72.0 Å². The molecular weight excluding hydrogens is 865 g/mol. The van der Waals surface area contributed by atoms with Crippen LogP contribution in [0.25, 0.3) is 0 Å². The fourth-order valence-electron chi connectivity index (χ4n) is 5.09. The van der Waals surface area contributed by atoms with E-state index in [2.05, 4.69) is 51.0 Å². The van der Waals surface area contributed by atoms with E-state index in [4.69, 9.17) is 34.8 Å². The number of hydrogen-bond donors (Lipinski definition) is 4. The number of rotatable bonds is 27. The molecule has 0 spiro atoms. The van der Waals surface area contributed by atoms with E-state index >= 15 is 0 Å². The first-order valence-electron chi connectivity index (χ1n) is 24.8. The highest BCUT2D eigenvalue weighted by Crippen LogP contribution is 2.06. The maximum atomic E-state index is 10.2. The van der Waals surface area contributed by atoms with E-state index in [1.165, 1.54) is 141 Å². The fraction of sp³-hybridized carbons (Fsp3) is 0.571. The van der Waals surface area contributed by atoms with E-state index in [1.54, 1.807) is 30.3 Å². The lowest BCUT2D eigenvalue weighted by molar-refractivity contribution is -0.129. The van der Waals surface area contributed by atoms with Gasteiger partial charge in [-0.2, -0.15) is 0 Å². The number of carboxylic acid groups (broad SMARTS) is 4. The molecule has 0 aliphatic heterocycles. The first-order valence-corrected chi connectivity index (χ1v) is 24.8. The van der Waals surface area contributed by atoms with Gasteiger partial charge < -0.3 is 29.9 Å². The molecule has 12 nitrogen and oxygen atoms in total. The summed E-state index contributed by atoms with van der Waals surface area (Å²) in [5.74, 6) is -0.879. The van der Waals surface area contributed by atoms with Gasteiger partial charge in [0.1, 0.15) is 0 Å². The van der Waals surface area contributed by atoms with Gasteiger partial charge in [-0.05, 0) is 25.0 Å². The number of carbonyl (C=O) groups excluding carboxylic acids is 2. The monoisotopic (exact) mass is 961 g/mol. The summed E-state index contributed by atoms with van der Waals surface area (Å²) in [6.07, 6.45) is 31.8. The Bertz CT molecular complexity index is 1120. The number of unbranched alkanes of at least 4 members (excludes halogenated alkanes) is 20. The van der Waals surface area contributed by atoms with Crippen LogP contribution in [0.2, 0.25) is 0 Å². The number of ether oxygens (including phenoxy) is 2. The predicted molar refractivity (Wildman–Crippen MR) is 281 cm³/mol.